The first-order valence-corrected chi connectivity index (χ1v) is 17.2. The second kappa shape index (κ2) is 14.8. The van der Waals surface area contributed by atoms with Gasteiger partial charge in [-0.05, 0) is 85.7 Å². The van der Waals surface area contributed by atoms with E-state index in [0.29, 0.717) is 37.3 Å². The molecule has 1 atom stereocenters. The van der Waals surface area contributed by atoms with Gasteiger partial charge in [-0.1, -0.05) is 36.4 Å². The van der Waals surface area contributed by atoms with E-state index in [1.165, 1.54) is 4.90 Å². The second-order valence-corrected chi connectivity index (χ2v) is 13.2. The smallest absolute Gasteiger partial charge is 0.247 e. The predicted molar refractivity (Wildman–Crippen MR) is 182 cm³/mol. The minimum absolute atomic E-state index is 0.0705. The Morgan fingerprint density at radius 3 is 2.43 bits per heavy atom. The minimum atomic E-state index is -3.33. The maximum Gasteiger partial charge on any atom is 0.247 e. The molecule has 0 saturated carbocycles. The Morgan fingerprint density at radius 1 is 1.02 bits per heavy atom. The highest BCUT2D eigenvalue weighted by Gasteiger charge is 2.28. The number of fused-ring (bicyclic) bond motifs is 1. The van der Waals surface area contributed by atoms with Crippen molar-refractivity contribution >= 4 is 50.1 Å². The van der Waals surface area contributed by atoms with Gasteiger partial charge in [0, 0.05) is 29.9 Å². The second-order valence-electron chi connectivity index (χ2n) is 11.5. The van der Waals surface area contributed by atoms with Crippen LogP contribution in [0.3, 0.4) is 0 Å². The summed E-state index contributed by atoms with van der Waals surface area (Å²) < 4.78 is 30.9. The van der Waals surface area contributed by atoms with Crippen molar-refractivity contribution in [2.24, 2.45) is 4.99 Å². The summed E-state index contributed by atoms with van der Waals surface area (Å²) in [5.74, 6) is 0.438. The zero-order valence-electron chi connectivity index (χ0n) is 26.2. The summed E-state index contributed by atoms with van der Waals surface area (Å²) in [7, 11) is -3.33. The van der Waals surface area contributed by atoms with E-state index in [1.807, 2.05) is 67.7 Å². The summed E-state index contributed by atoms with van der Waals surface area (Å²) in [4.78, 5) is 32.4. The topological polar surface area (TPSA) is 169 Å². The number of rotatable bonds is 10. The molecular weight excluding hydrogens is 618 g/mol. The van der Waals surface area contributed by atoms with Crippen molar-refractivity contribution in [3.05, 3.63) is 84.1 Å². The van der Waals surface area contributed by atoms with Crippen molar-refractivity contribution in [2.45, 2.75) is 38.6 Å². The standard InChI is InChI=1S/C34H37N7O5S/c1-23-19-27-20-29(14-15-31(27)46-23)38-34(37-22-35)39-30-5-3-4-18-41(33(30)43)21-32(42)36-17-16-24-6-8-25(9-7-24)26-10-12-28(13-11-26)40-47(2,44)45/h6-15,19-20,30,40H,3-5,16-18,21H2,1-2H3,(H,36,42)(H2,37,38,39). The van der Waals surface area contributed by atoms with Crippen LogP contribution in [0.1, 0.15) is 30.6 Å². The quantitative estimate of drug-likeness (QED) is 0.0846. The molecule has 5 rings (SSSR count). The number of amides is 2. The van der Waals surface area contributed by atoms with Gasteiger partial charge in [-0.15, -0.1) is 0 Å². The predicted octanol–water partition coefficient (Wildman–Crippen LogP) is 4.36. The molecule has 244 valence electrons. The average Bonchev–Trinajstić information content (AvgIpc) is 3.32. The Kier molecular flexibility index (Phi) is 10.4. The molecule has 1 fully saturated rings. The molecule has 3 aromatic carbocycles. The number of anilines is 2. The van der Waals surface area contributed by atoms with E-state index in [1.54, 1.807) is 18.2 Å². The summed E-state index contributed by atoms with van der Waals surface area (Å²) in [6, 6.07) is 21.7. The molecule has 1 aromatic heterocycles. The van der Waals surface area contributed by atoms with Crippen LogP contribution in [-0.2, 0) is 26.0 Å². The van der Waals surface area contributed by atoms with Crippen molar-refractivity contribution < 1.29 is 22.4 Å². The maximum atomic E-state index is 13.4. The number of aliphatic imine (C=N–C) groups is 1. The summed E-state index contributed by atoms with van der Waals surface area (Å²) in [5.41, 5.74) is 4.91. The van der Waals surface area contributed by atoms with Gasteiger partial charge >= 0.3 is 0 Å². The van der Waals surface area contributed by atoms with Crippen LogP contribution in [0.25, 0.3) is 22.1 Å². The molecule has 1 aliphatic heterocycles. The first-order chi connectivity index (χ1) is 22.6. The molecule has 1 unspecified atom stereocenters. The van der Waals surface area contributed by atoms with Gasteiger partial charge in [-0.2, -0.15) is 5.26 Å². The Balaban J connectivity index is 1.13. The van der Waals surface area contributed by atoms with Crippen LogP contribution in [-0.4, -0.2) is 63.0 Å². The lowest BCUT2D eigenvalue weighted by molar-refractivity contribution is -0.136. The number of nitrogens with zero attached hydrogens (tertiary/aromatic N) is 3. The van der Waals surface area contributed by atoms with Crippen molar-refractivity contribution in [1.82, 2.24) is 15.5 Å². The average molecular weight is 656 g/mol. The minimum Gasteiger partial charge on any atom is -0.461 e. The molecule has 4 aromatic rings. The normalized spacial score (nSPS) is 15.5. The molecule has 2 heterocycles. The number of likely N-dealkylation sites (tertiary alicyclic amines) is 1. The van der Waals surface area contributed by atoms with Crippen LogP contribution < -0.4 is 20.7 Å². The Bertz CT molecular complexity index is 1910. The van der Waals surface area contributed by atoms with E-state index in [2.05, 4.69) is 25.7 Å². The van der Waals surface area contributed by atoms with Gasteiger partial charge in [0.1, 0.15) is 17.4 Å². The van der Waals surface area contributed by atoms with E-state index < -0.39 is 16.1 Å². The van der Waals surface area contributed by atoms with E-state index in [9.17, 15) is 23.3 Å². The van der Waals surface area contributed by atoms with Crippen molar-refractivity contribution in [1.29, 1.82) is 5.26 Å². The third-order valence-electron chi connectivity index (χ3n) is 7.66. The molecule has 13 heteroatoms. The third kappa shape index (κ3) is 9.34. The van der Waals surface area contributed by atoms with Crippen LogP contribution in [0.4, 0.5) is 11.4 Å². The fourth-order valence-corrected chi connectivity index (χ4v) is 6.01. The molecule has 1 aliphatic rings. The lowest BCUT2D eigenvalue weighted by Gasteiger charge is -2.22. The molecule has 0 bridgehead atoms. The first-order valence-electron chi connectivity index (χ1n) is 15.3. The highest BCUT2D eigenvalue weighted by molar-refractivity contribution is 7.92. The lowest BCUT2D eigenvalue weighted by atomic mass is 10.0. The van der Waals surface area contributed by atoms with Gasteiger partial charge < -0.3 is 20.0 Å². The molecule has 12 nitrogen and oxygen atoms in total. The number of nitriles is 1. The van der Waals surface area contributed by atoms with Crippen LogP contribution >= 0.6 is 0 Å². The van der Waals surface area contributed by atoms with Crippen molar-refractivity contribution in [2.75, 3.05) is 35.9 Å². The van der Waals surface area contributed by atoms with E-state index in [-0.39, 0.29) is 24.3 Å². The molecule has 1 saturated heterocycles. The zero-order valence-corrected chi connectivity index (χ0v) is 27.1. The van der Waals surface area contributed by atoms with Crippen molar-refractivity contribution in [3.8, 4) is 17.3 Å². The summed E-state index contributed by atoms with van der Waals surface area (Å²) in [6.45, 7) is 2.66. The van der Waals surface area contributed by atoms with E-state index >= 15 is 0 Å². The lowest BCUT2D eigenvalue weighted by Crippen LogP contribution is -2.44. The Hall–Kier alpha value is -5.35. The third-order valence-corrected chi connectivity index (χ3v) is 8.27. The van der Waals surface area contributed by atoms with Crippen LogP contribution in [0.15, 0.2) is 82.2 Å². The number of benzene rings is 3. The Morgan fingerprint density at radius 2 is 1.72 bits per heavy atom. The maximum absolute atomic E-state index is 13.4. The van der Waals surface area contributed by atoms with Gasteiger partial charge in [0.25, 0.3) is 0 Å². The number of hydrogen-bond acceptors (Lipinski definition) is 7. The highest BCUT2D eigenvalue weighted by atomic mass is 32.2. The van der Waals surface area contributed by atoms with Crippen LogP contribution in [0.5, 0.6) is 0 Å². The summed E-state index contributed by atoms with van der Waals surface area (Å²) in [5, 5.41) is 18.8. The molecule has 0 aliphatic carbocycles. The number of carbonyl (C=O) groups excluding carboxylic acids is 2. The zero-order chi connectivity index (χ0) is 33.4. The van der Waals surface area contributed by atoms with E-state index in [4.69, 9.17) is 4.42 Å². The SMILES string of the molecule is Cc1cc2cc(NC(=NC3CCCCN(CC(=O)NCCc4ccc(-c5ccc(NS(C)(=O)=O)cc5)cc4)C3=O)NC#N)ccc2o1. The van der Waals surface area contributed by atoms with Gasteiger partial charge in [0.05, 0.1) is 12.8 Å². The number of guanidine groups is 1. The number of furan rings is 1. The van der Waals surface area contributed by atoms with Crippen LogP contribution in [0, 0.1) is 18.4 Å². The van der Waals surface area contributed by atoms with Gasteiger partial charge in [-0.3, -0.25) is 19.6 Å². The number of nitrogens with one attached hydrogen (secondary N) is 4. The largest absolute Gasteiger partial charge is 0.461 e. The number of aryl methyl sites for hydroxylation is 1. The molecule has 0 spiro atoms. The van der Waals surface area contributed by atoms with Crippen LogP contribution in [0.2, 0.25) is 0 Å². The molecular formula is C34H37N7O5S. The monoisotopic (exact) mass is 655 g/mol. The molecule has 2 amide bonds. The fraction of sp³-hybridized carbons (Fsp3) is 0.294. The highest BCUT2D eigenvalue weighted by Crippen LogP contribution is 2.24. The fourth-order valence-electron chi connectivity index (χ4n) is 5.44. The summed E-state index contributed by atoms with van der Waals surface area (Å²) in [6.07, 6.45) is 5.62. The first kappa shape index (κ1) is 33.0. The Labute approximate surface area is 273 Å². The van der Waals surface area contributed by atoms with Crippen molar-refractivity contribution in [3.63, 3.8) is 0 Å². The number of carbonyl (C=O) groups is 2. The summed E-state index contributed by atoms with van der Waals surface area (Å²) >= 11 is 0. The number of hydrogen-bond donors (Lipinski definition) is 4. The van der Waals surface area contributed by atoms with Gasteiger partial charge in [0.2, 0.25) is 27.8 Å². The molecule has 47 heavy (non-hydrogen) atoms. The molecule has 4 N–H and O–H groups in total. The molecule has 0 radical (unpaired) electrons. The van der Waals surface area contributed by atoms with E-state index in [0.717, 1.165) is 52.5 Å². The van der Waals surface area contributed by atoms with Gasteiger partial charge in [0.15, 0.2) is 6.19 Å². The number of sulfonamides is 1. The van der Waals surface area contributed by atoms with Gasteiger partial charge in [-0.25, -0.2) is 13.4 Å².